The van der Waals surface area contributed by atoms with Crippen molar-refractivity contribution >= 4 is 0 Å². The van der Waals surface area contributed by atoms with Crippen LogP contribution >= 0.6 is 0 Å². The van der Waals surface area contributed by atoms with Crippen LogP contribution in [0.15, 0.2) is 18.2 Å². The van der Waals surface area contributed by atoms with Gasteiger partial charge in [-0.25, -0.2) is 0 Å². The van der Waals surface area contributed by atoms with Gasteiger partial charge < -0.3 is 0 Å². The molecule has 1 unspecified atom stereocenters. The molecule has 0 heterocycles. The van der Waals surface area contributed by atoms with Gasteiger partial charge in [-0.3, -0.25) is 0 Å². The molecule has 0 aliphatic heterocycles. The number of hydrogen-bond acceptors (Lipinski definition) is 0. The first-order valence-corrected chi connectivity index (χ1v) is 6.30. The summed E-state index contributed by atoms with van der Waals surface area (Å²) in [5, 5.41) is 0. The lowest BCUT2D eigenvalue weighted by Gasteiger charge is -2.28. The van der Waals surface area contributed by atoms with Gasteiger partial charge in [0.1, 0.15) is 0 Å². The monoisotopic (exact) mass is 274 g/mol. The molecule has 0 radical (unpaired) electrons. The summed E-state index contributed by atoms with van der Waals surface area (Å²) in [5.41, 5.74) is -1.01. The van der Waals surface area contributed by atoms with E-state index in [1.165, 1.54) is 0 Å². The molecule has 1 atom stereocenters. The molecule has 1 rings (SSSR count). The Morgan fingerprint density at radius 1 is 1.11 bits per heavy atom. The fraction of sp³-hybridized carbons (Fsp3) is 0.625. The van der Waals surface area contributed by atoms with Crippen LogP contribution in [0.2, 0.25) is 0 Å². The van der Waals surface area contributed by atoms with Crippen LogP contribution in [0.3, 0.4) is 0 Å². The standard InChI is InChI=1S/C16H23F3/c1-14(2,3)10-11-7-8-12(16(17,18)19)9-13(11)15(4,5)6/h7-9H,10H2,1-6H3/i7D,10D. The van der Waals surface area contributed by atoms with E-state index in [2.05, 4.69) is 0 Å². The summed E-state index contributed by atoms with van der Waals surface area (Å²) >= 11 is 0. The number of hydrogen-bond donors (Lipinski definition) is 0. The normalized spacial score (nSPS) is 16.9. The van der Waals surface area contributed by atoms with Crippen LogP contribution in [-0.4, -0.2) is 0 Å². The summed E-state index contributed by atoms with van der Waals surface area (Å²) in [7, 11) is 0. The highest BCUT2D eigenvalue weighted by Gasteiger charge is 2.32. The molecule has 0 aliphatic carbocycles. The third-order valence-corrected chi connectivity index (χ3v) is 2.69. The fourth-order valence-electron chi connectivity index (χ4n) is 1.84. The number of benzene rings is 1. The zero-order valence-electron chi connectivity index (χ0n) is 14.4. The van der Waals surface area contributed by atoms with E-state index in [1.54, 1.807) is 20.8 Å². The van der Waals surface area contributed by atoms with Crippen LogP contribution in [0, 0.1) is 5.41 Å². The number of alkyl halides is 3. The Morgan fingerprint density at radius 3 is 2.00 bits per heavy atom. The fourth-order valence-corrected chi connectivity index (χ4v) is 1.84. The first-order chi connectivity index (χ1) is 9.15. The van der Waals surface area contributed by atoms with Crippen molar-refractivity contribution in [2.75, 3.05) is 0 Å². The highest BCUT2D eigenvalue weighted by Crippen LogP contribution is 2.36. The summed E-state index contributed by atoms with van der Waals surface area (Å²) in [6.07, 6.45) is -5.23. The van der Waals surface area contributed by atoms with Crippen molar-refractivity contribution in [1.82, 2.24) is 0 Å². The Hall–Kier alpha value is -0.990. The Labute approximate surface area is 116 Å². The predicted molar refractivity (Wildman–Crippen MR) is 73.3 cm³/mol. The van der Waals surface area contributed by atoms with Gasteiger partial charge in [-0.2, -0.15) is 13.2 Å². The maximum atomic E-state index is 13.0. The van der Waals surface area contributed by atoms with Crippen molar-refractivity contribution in [1.29, 1.82) is 0 Å². The highest BCUT2D eigenvalue weighted by molar-refractivity contribution is 5.38. The molecule has 0 spiro atoms. The minimum atomic E-state index is -4.48. The minimum absolute atomic E-state index is 0.204. The van der Waals surface area contributed by atoms with Gasteiger partial charge in [-0.1, -0.05) is 47.6 Å². The Kier molecular flexibility index (Phi) is 3.32. The first-order valence-electron chi connectivity index (χ1n) is 7.38. The van der Waals surface area contributed by atoms with Gasteiger partial charge in [0.15, 0.2) is 0 Å². The van der Waals surface area contributed by atoms with E-state index >= 15 is 0 Å². The average molecular weight is 274 g/mol. The predicted octanol–water partition coefficient (Wildman–Crippen LogP) is 5.59. The lowest BCUT2D eigenvalue weighted by atomic mass is 9.78. The van der Waals surface area contributed by atoms with E-state index in [-0.39, 0.29) is 6.04 Å². The molecule has 0 bridgehead atoms. The van der Waals surface area contributed by atoms with Gasteiger partial charge in [-0.15, -0.1) is 0 Å². The van der Waals surface area contributed by atoms with Crippen LogP contribution in [-0.2, 0) is 18.0 Å². The van der Waals surface area contributed by atoms with E-state index in [1.807, 2.05) is 20.8 Å². The maximum Gasteiger partial charge on any atom is 0.416 e. The van der Waals surface area contributed by atoms with Crippen LogP contribution in [0.5, 0.6) is 0 Å². The van der Waals surface area contributed by atoms with Crippen molar-refractivity contribution in [3.05, 3.63) is 34.9 Å². The smallest absolute Gasteiger partial charge is 0.166 e. The van der Waals surface area contributed by atoms with E-state index in [4.69, 9.17) is 2.74 Å². The topological polar surface area (TPSA) is 0 Å². The molecule has 3 heteroatoms. The Morgan fingerprint density at radius 2 is 1.63 bits per heavy atom. The number of rotatable bonds is 1. The van der Waals surface area contributed by atoms with E-state index in [9.17, 15) is 13.2 Å². The van der Waals surface area contributed by atoms with E-state index < -0.39 is 29.0 Å². The molecule has 19 heavy (non-hydrogen) atoms. The second-order valence-corrected chi connectivity index (χ2v) is 6.97. The molecular weight excluding hydrogens is 249 g/mol. The van der Waals surface area contributed by atoms with Crippen LogP contribution in [0.4, 0.5) is 13.2 Å². The van der Waals surface area contributed by atoms with E-state index in [0.717, 1.165) is 12.1 Å². The molecule has 0 aliphatic rings. The number of halogens is 3. The SMILES string of the molecule is [2H]c1cc(C(F)(F)F)cc(C(C)(C)C)c1C([2H])C(C)(C)C. The summed E-state index contributed by atoms with van der Waals surface area (Å²) in [6.45, 7) is 11.0. The van der Waals surface area contributed by atoms with Crippen LogP contribution in [0.1, 0.15) is 61.0 Å². The van der Waals surface area contributed by atoms with Gasteiger partial charge in [0, 0.05) is 1.37 Å². The zero-order chi connectivity index (χ0) is 16.8. The first kappa shape index (κ1) is 13.0. The third-order valence-electron chi connectivity index (χ3n) is 2.69. The highest BCUT2D eigenvalue weighted by atomic mass is 19.4. The summed E-state index contributed by atoms with van der Waals surface area (Å²) in [5.74, 6) is 0. The lowest BCUT2D eigenvalue weighted by Crippen LogP contribution is -2.20. The van der Waals surface area contributed by atoms with Gasteiger partial charge in [0.05, 0.1) is 6.93 Å². The Bertz CT molecular complexity index is 520. The van der Waals surface area contributed by atoms with Gasteiger partial charge in [-0.05, 0) is 40.5 Å². The minimum Gasteiger partial charge on any atom is -0.166 e. The molecule has 1 aromatic rings. The molecule has 1 aromatic carbocycles. The lowest BCUT2D eigenvalue weighted by molar-refractivity contribution is -0.137. The third kappa shape index (κ3) is 4.55. The summed E-state index contributed by atoms with van der Waals surface area (Å²) in [6, 6.07) is 1.73. The second kappa shape index (κ2) is 4.84. The van der Waals surface area contributed by atoms with Crippen LogP contribution in [0.25, 0.3) is 0 Å². The maximum absolute atomic E-state index is 13.0. The van der Waals surface area contributed by atoms with Crippen molar-refractivity contribution in [2.45, 2.75) is 59.5 Å². The molecule has 0 fully saturated rings. The quantitative estimate of drug-likeness (QED) is 0.626. The summed E-state index contributed by atoms with van der Waals surface area (Å²) < 4.78 is 55.3. The Balaban J connectivity index is 3.66. The van der Waals surface area contributed by atoms with Gasteiger partial charge in [0.25, 0.3) is 0 Å². The molecule has 0 aromatic heterocycles. The van der Waals surface area contributed by atoms with Gasteiger partial charge in [0.2, 0.25) is 0 Å². The molecule has 0 saturated carbocycles. The molecule has 0 N–H and O–H groups in total. The average Bonchev–Trinajstić information content (AvgIpc) is 2.23. The van der Waals surface area contributed by atoms with Crippen molar-refractivity contribution in [3.8, 4) is 0 Å². The molecular formula is C16H23F3. The molecule has 0 amide bonds. The van der Waals surface area contributed by atoms with Crippen molar-refractivity contribution in [2.24, 2.45) is 5.41 Å². The van der Waals surface area contributed by atoms with E-state index in [0.29, 0.717) is 11.1 Å². The molecule has 0 nitrogen and oxygen atoms in total. The molecule has 0 saturated heterocycles. The van der Waals surface area contributed by atoms with Crippen molar-refractivity contribution in [3.63, 3.8) is 0 Å². The molecule has 108 valence electrons. The van der Waals surface area contributed by atoms with Gasteiger partial charge >= 0.3 is 6.18 Å². The van der Waals surface area contributed by atoms with Crippen molar-refractivity contribution < 1.29 is 15.9 Å². The second-order valence-electron chi connectivity index (χ2n) is 6.97. The van der Waals surface area contributed by atoms with Crippen LogP contribution < -0.4 is 0 Å². The summed E-state index contributed by atoms with van der Waals surface area (Å²) in [4.78, 5) is 0. The largest absolute Gasteiger partial charge is 0.416 e. The zero-order valence-corrected chi connectivity index (χ0v) is 12.4.